The van der Waals surface area contributed by atoms with Gasteiger partial charge >= 0.3 is 0 Å². The molecule has 1 saturated carbocycles. The number of methoxy groups -OCH3 is 1. The van der Waals surface area contributed by atoms with Gasteiger partial charge in [0.25, 0.3) is 0 Å². The van der Waals surface area contributed by atoms with Crippen molar-refractivity contribution in [2.45, 2.75) is 50.7 Å². The second-order valence-corrected chi connectivity index (χ2v) is 8.76. The Bertz CT molecular complexity index is 957. The molecule has 1 saturated heterocycles. The van der Waals surface area contributed by atoms with Gasteiger partial charge < -0.3 is 19.7 Å². The number of rotatable bonds is 8. The first kappa shape index (κ1) is 22.5. The molecule has 2 aliphatic rings. The van der Waals surface area contributed by atoms with E-state index in [4.69, 9.17) is 21.1 Å². The van der Waals surface area contributed by atoms with Crippen molar-refractivity contribution in [3.05, 3.63) is 53.6 Å². The highest BCUT2D eigenvalue weighted by Gasteiger charge is 2.31. The number of hydrogen-bond acceptors (Lipinski definition) is 4. The van der Waals surface area contributed by atoms with E-state index in [1.807, 2.05) is 47.4 Å². The second kappa shape index (κ2) is 10.3. The Balaban J connectivity index is 1.41. The minimum Gasteiger partial charge on any atom is -0.493 e. The summed E-state index contributed by atoms with van der Waals surface area (Å²) in [7, 11) is 1.66. The molecule has 0 radical (unpaired) electrons. The average molecular weight is 457 g/mol. The van der Waals surface area contributed by atoms with Crippen LogP contribution in [0.4, 0.5) is 5.69 Å². The minimum atomic E-state index is -0.243. The van der Waals surface area contributed by atoms with Crippen LogP contribution in [-0.2, 0) is 16.1 Å². The lowest BCUT2D eigenvalue weighted by molar-refractivity contribution is -0.128. The zero-order chi connectivity index (χ0) is 22.5. The summed E-state index contributed by atoms with van der Waals surface area (Å²) >= 11 is 5.52. The van der Waals surface area contributed by atoms with Gasteiger partial charge in [-0.1, -0.05) is 18.2 Å². The molecule has 7 heteroatoms. The minimum absolute atomic E-state index is 0.0792. The summed E-state index contributed by atoms with van der Waals surface area (Å²) in [5, 5.41) is 2.72. The van der Waals surface area contributed by atoms with E-state index in [2.05, 4.69) is 5.32 Å². The first-order valence-electron chi connectivity index (χ1n) is 11.1. The van der Waals surface area contributed by atoms with E-state index >= 15 is 0 Å². The average Bonchev–Trinajstić information content (AvgIpc) is 3.45. The maximum atomic E-state index is 12.7. The molecule has 0 spiro atoms. The number of alkyl halides is 1. The van der Waals surface area contributed by atoms with Gasteiger partial charge in [-0.3, -0.25) is 9.59 Å². The molecule has 32 heavy (non-hydrogen) atoms. The molecule has 1 aliphatic heterocycles. The van der Waals surface area contributed by atoms with Gasteiger partial charge in [0.05, 0.1) is 13.2 Å². The van der Waals surface area contributed by atoms with E-state index < -0.39 is 0 Å². The number of benzene rings is 2. The van der Waals surface area contributed by atoms with Gasteiger partial charge in [-0.15, -0.1) is 11.6 Å². The lowest BCUT2D eigenvalue weighted by Crippen LogP contribution is -2.24. The quantitative estimate of drug-likeness (QED) is 0.584. The van der Waals surface area contributed by atoms with Crippen molar-refractivity contribution in [3.8, 4) is 11.5 Å². The van der Waals surface area contributed by atoms with Crippen molar-refractivity contribution >= 4 is 29.1 Å². The number of anilines is 1. The third-order valence-electron chi connectivity index (χ3n) is 6.20. The fourth-order valence-electron chi connectivity index (χ4n) is 4.48. The number of carbonyl (C=O) groups is 2. The molecule has 1 aliphatic carbocycles. The van der Waals surface area contributed by atoms with E-state index in [-0.39, 0.29) is 29.7 Å². The molecule has 2 amide bonds. The van der Waals surface area contributed by atoms with Crippen LogP contribution in [-0.4, -0.2) is 42.4 Å². The summed E-state index contributed by atoms with van der Waals surface area (Å²) in [6.45, 7) is 1.21. The Kier molecular flexibility index (Phi) is 7.20. The Morgan fingerprint density at radius 1 is 1.12 bits per heavy atom. The fraction of sp³-hybridized carbons (Fsp3) is 0.440. The smallest absolute Gasteiger partial charge is 0.239 e. The van der Waals surface area contributed by atoms with Gasteiger partial charge in [-0.05, 0) is 61.1 Å². The second-order valence-electron chi connectivity index (χ2n) is 8.49. The predicted molar refractivity (Wildman–Crippen MR) is 124 cm³/mol. The van der Waals surface area contributed by atoms with Crippen LogP contribution in [0.3, 0.4) is 0 Å². The van der Waals surface area contributed by atoms with Crippen LogP contribution < -0.4 is 14.8 Å². The number of hydrogen-bond donors (Lipinski definition) is 1. The van der Waals surface area contributed by atoms with Crippen molar-refractivity contribution in [2.24, 2.45) is 0 Å². The molecule has 1 heterocycles. The summed E-state index contributed by atoms with van der Waals surface area (Å²) in [5.41, 5.74) is 2.81. The molecular weight excluding hydrogens is 428 g/mol. The molecule has 170 valence electrons. The van der Waals surface area contributed by atoms with Crippen LogP contribution in [0.1, 0.15) is 49.1 Å². The molecule has 2 fully saturated rings. The topological polar surface area (TPSA) is 67.9 Å². The molecule has 1 unspecified atom stereocenters. The third kappa shape index (κ3) is 5.36. The number of amides is 2. The van der Waals surface area contributed by atoms with Gasteiger partial charge in [-0.25, -0.2) is 0 Å². The third-order valence-corrected chi connectivity index (χ3v) is 6.44. The van der Waals surface area contributed by atoms with E-state index in [0.717, 1.165) is 35.5 Å². The molecule has 1 N–H and O–H groups in total. The SMILES string of the molecule is COc1ccc(C2CC(=O)N(Cc3ccc(NC(=O)CCl)cc3)C2)cc1OC1CCCC1. The summed E-state index contributed by atoms with van der Waals surface area (Å²) in [4.78, 5) is 26.0. The molecular formula is C25H29ClN2O4. The molecule has 0 aromatic heterocycles. The Morgan fingerprint density at radius 2 is 1.88 bits per heavy atom. The number of carbonyl (C=O) groups excluding carboxylic acids is 2. The Hall–Kier alpha value is -2.73. The first-order chi connectivity index (χ1) is 15.6. The summed E-state index contributed by atoms with van der Waals surface area (Å²) in [6.07, 6.45) is 5.31. The fourth-order valence-corrected chi connectivity index (χ4v) is 4.55. The highest BCUT2D eigenvalue weighted by molar-refractivity contribution is 6.29. The molecule has 6 nitrogen and oxygen atoms in total. The zero-order valence-corrected chi connectivity index (χ0v) is 19.1. The highest BCUT2D eigenvalue weighted by atomic mass is 35.5. The Labute approximate surface area is 193 Å². The standard InChI is InChI=1S/C25H29ClN2O4/c1-31-22-11-8-18(12-23(22)32-21-4-2-3-5-21)19-13-25(30)28(16-19)15-17-6-9-20(10-7-17)27-24(29)14-26/h6-12,19,21H,2-5,13-16H2,1H3,(H,27,29). The van der Waals surface area contributed by atoms with E-state index in [1.165, 1.54) is 12.8 Å². The number of likely N-dealkylation sites (tertiary alicyclic amines) is 1. The number of nitrogens with one attached hydrogen (secondary N) is 1. The molecule has 2 aromatic rings. The monoisotopic (exact) mass is 456 g/mol. The molecule has 1 atom stereocenters. The van der Waals surface area contributed by atoms with Crippen LogP contribution in [0.2, 0.25) is 0 Å². The lowest BCUT2D eigenvalue weighted by atomic mass is 9.98. The van der Waals surface area contributed by atoms with Crippen LogP contribution in [0, 0.1) is 0 Å². The van der Waals surface area contributed by atoms with Crippen molar-refractivity contribution < 1.29 is 19.1 Å². The number of nitrogens with zero attached hydrogens (tertiary/aromatic N) is 1. The summed E-state index contributed by atoms with van der Waals surface area (Å²) in [5.74, 6) is 1.46. The van der Waals surface area contributed by atoms with Gasteiger partial charge in [0.15, 0.2) is 11.5 Å². The predicted octanol–water partition coefficient (Wildman–Crippen LogP) is 4.71. The van der Waals surface area contributed by atoms with Crippen molar-refractivity contribution in [2.75, 3.05) is 24.9 Å². The van der Waals surface area contributed by atoms with Crippen LogP contribution >= 0.6 is 11.6 Å². The van der Waals surface area contributed by atoms with E-state index in [0.29, 0.717) is 25.2 Å². The molecule has 2 aromatic carbocycles. The van der Waals surface area contributed by atoms with Gasteiger partial charge in [0, 0.05) is 31.1 Å². The summed E-state index contributed by atoms with van der Waals surface area (Å²) in [6, 6.07) is 13.5. The zero-order valence-electron chi connectivity index (χ0n) is 18.3. The van der Waals surface area contributed by atoms with Crippen LogP contribution in [0.15, 0.2) is 42.5 Å². The molecule has 0 bridgehead atoms. The van der Waals surface area contributed by atoms with Crippen LogP contribution in [0.25, 0.3) is 0 Å². The maximum absolute atomic E-state index is 12.7. The highest BCUT2D eigenvalue weighted by Crippen LogP contribution is 2.37. The van der Waals surface area contributed by atoms with Crippen LogP contribution in [0.5, 0.6) is 11.5 Å². The van der Waals surface area contributed by atoms with Crippen molar-refractivity contribution in [3.63, 3.8) is 0 Å². The van der Waals surface area contributed by atoms with Gasteiger partial charge in [0.1, 0.15) is 5.88 Å². The lowest BCUT2D eigenvalue weighted by Gasteiger charge is -2.19. The van der Waals surface area contributed by atoms with Crippen molar-refractivity contribution in [1.29, 1.82) is 0 Å². The van der Waals surface area contributed by atoms with Gasteiger partial charge in [0.2, 0.25) is 11.8 Å². The Morgan fingerprint density at radius 3 is 2.56 bits per heavy atom. The van der Waals surface area contributed by atoms with Gasteiger partial charge in [-0.2, -0.15) is 0 Å². The maximum Gasteiger partial charge on any atom is 0.239 e. The van der Waals surface area contributed by atoms with E-state index in [1.54, 1.807) is 7.11 Å². The first-order valence-corrected chi connectivity index (χ1v) is 11.7. The molecule has 4 rings (SSSR count). The van der Waals surface area contributed by atoms with E-state index in [9.17, 15) is 9.59 Å². The summed E-state index contributed by atoms with van der Waals surface area (Å²) < 4.78 is 11.7. The van der Waals surface area contributed by atoms with Crippen molar-refractivity contribution in [1.82, 2.24) is 4.90 Å². The normalized spacial score (nSPS) is 18.8. The largest absolute Gasteiger partial charge is 0.493 e. The number of ether oxygens (including phenoxy) is 2. The number of halogens is 1.